The Morgan fingerprint density at radius 2 is 1.82 bits per heavy atom. The summed E-state index contributed by atoms with van der Waals surface area (Å²) in [7, 11) is 2.69. The van der Waals surface area contributed by atoms with Gasteiger partial charge in [0.25, 0.3) is 11.2 Å². The number of nitrogens with zero attached hydrogens (tertiary/aromatic N) is 3. The highest BCUT2D eigenvalue weighted by atomic mass is 16.6. The molecule has 0 spiro atoms. The summed E-state index contributed by atoms with van der Waals surface area (Å²) in [4.78, 5) is 60.8. The van der Waals surface area contributed by atoms with Gasteiger partial charge in [-0.25, -0.2) is 9.59 Å². The number of aromatic nitrogens is 2. The minimum Gasteiger partial charge on any atom is -0.454 e. The first kappa shape index (κ1) is 23.9. The van der Waals surface area contributed by atoms with Gasteiger partial charge < -0.3 is 15.8 Å². The van der Waals surface area contributed by atoms with Crippen LogP contribution in [0.3, 0.4) is 0 Å². The number of ether oxygens (including phenoxy) is 1. The molecule has 0 aliphatic heterocycles. The maximum absolute atomic E-state index is 12.8. The molecule has 0 fully saturated rings. The Kier molecular flexibility index (Phi) is 6.90. The van der Waals surface area contributed by atoms with E-state index in [4.69, 9.17) is 10.5 Å². The molecule has 3 N–H and O–H groups in total. The molecular weight excluding hydrogens is 446 g/mol. The average Bonchev–Trinajstić information content (AvgIpc) is 2.84. The summed E-state index contributed by atoms with van der Waals surface area (Å²) >= 11 is 0. The maximum Gasteiger partial charge on any atom is 0.338 e. The molecule has 0 saturated heterocycles. The van der Waals surface area contributed by atoms with Crippen molar-refractivity contribution >= 4 is 28.9 Å². The molecule has 34 heavy (non-hydrogen) atoms. The number of nitro groups is 1. The van der Waals surface area contributed by atoms with Crippen molar-refractivity contribution in [3.05, 3.63) is 96.2 Å². The van der Waals surface area contributed by atoms with Crippen LogP contribution in [0.25, 0.3) is 0 Å². The molecule has 0 saturated carbocycles. The van der Waals surface area contributed by atoms with Crippen LogP contribution in [0.1, 0.15) is 26.3 Å². The minimum absolute atomic E-state index is 0.0151. The van der Waals surface area contributed by atoms with Gasteiger partial charge in [0, 0.05) is 20.2 Å². The van der Waals surface area contributed by atoms with Crippen molar-refractivity contribution in [2.24, 2.45) is 7.05 Å². The Bertz CT molecular complexity index is 1390. The third-order valence-electron chi connectivity index (χ3n) is 5.08. The number of nitrogens with one attached hydrogen (secondary N) is 1. The number of esters is 1. The molecule has 2 aromatic carbocycles. The van der Waals surface area contributed by atoms with Gasteiger partial charge in [0.1, 0.15) is 17.1 Å². The molecule has 176 valence electrons. The molecule has 0 aliphatic carbocycles. The molecule has 0 unspecified atom stereocenters. The standard InChI is InChI=1S/C22H21N5O7/c1-24-15-9-8-14(10-16(15)27(32)33)21(30)34-12-17(28)18-19(23)26(22(31)25(2)20(18)29)11-13-6-4-3-5-7-13/h3-10,24H,11-12,23H2,1-2H3. The lowest BCUT2D eigenvalue weighted by Crippen LogP contribution is -2.43. The third-order valence-corrected chi connectivity index (χ3v) is 5.08. The van der Waals surface area contributed by atoms with Crippen molar-refractivity contribution in [1.29, 1.82) is 0 Å². The Labute approximate surface area is 192 Å². The normalized spacial score (nSPS) is 10.5. The van der Waals surface area contributed by atoms with Gasteiger partial charge in [-0.15, -0.1) is 0 Å². The van der Waals surface area contributed by atoms with Crippen LogP contribution in [0.4, 0.5) is 17.2 Å². The van der Waals surface area contributed by atoms with E-state index in [1.807, 2.05) is 0 Å². The number of hydrogen-bond donors (Lipinski definition) is 2. The summed E-state index contributed by atoms with van der Waals surface area (Å²) in [5.74, 6) is -2.28. The van der Waals surface area contributed by atoms with Crippen LogP contribution >= 0.6 is 0 Å². The fourth-order valence-electron chi connectivity index (χ4n) is 3.27. The molecule has 0 atom stereocenters. The Morgan fingerprint density at radius 1 is 1.15 bits per heavy atom. The van der Waals surface area contributed by atoms with Gasteiger partial charge in [-0.1, -0.05) is 30.3 Å². The highest BCUT2D eigenvalue weighted by molar-refractivity contribution is 6.02. The quantitative estimate of drug-likeness (QED) is 0.214. The first-order chi connectivity index (χ1) is 16.1. The van der Waals surface area contributed by atoms with E-state index < -0.39 is 40.1 Å². The number of carbonyl (C=O) groups is 2. The number of Topliss-reactive ketones (excluding diaryl/α,β-unsaturated/α-hetero) is 1. The number of nitro benzene ring substituents is 1. The number of rotatable bonds is 8. The average molecular weight is 467 g/mol. The van der Waals surface area contributed by atoms with Gasteiger partial charge in [0.05, 0.1) is 17.0 Å². The highest BCUT2D eigenvalue weighted by Crippen LogP contribution is 2.25. The number of carbonyl (C=O) groups excluding carboxylic acids is 2. The predicted molar refractivity (Wildman–Crippen MR) is 123 cm³/mol. The highest BCUT2D eigenvalue weighted by Gasteiger charge is 2.24. The lowest BCUT2D eigenvalue weighted by atomic mass is 10.1. The molecule has 0 aliphatic rings. The molecule has 12 nitrogen and oxygen atoms in total. The predicted octanol–water partition coefficient (Wildman–Crippen LogP) is 1.17. The number of benzene rings is 2. The monoisotopic (exact) mass is 467 g/mol. The fourth-order valence-corrected chi connectivity index (χ4v) is 3.27. The van der Waals surface area contributed by atoms with Crippen LogP contribution in [-0.4, -0.2) is 39.5 Å². The lowest BCUT2D eigenvalue weighted by Gasteiger charge is -2.14. The zero-order valence-corrected chi connectivity index (χ0v) is 18.3. The Hall–Kier alpha value is -4.74. The van der Waals surface area contributed by atoms with Gasteiger partial charge in [-0.3, -0.25) is 28.8 Å². The Morgan fingerprint density at radius 3 is 2.44 bits per heavy atom. The second-order valence-corrected chi connectivity index (χ2v) is 7.22. The molecule has 12 heteroatoms. The van der Waals surface area contributed by atoms with Gasteiger partial charge in [-0.2, -0.15) is 0 Å². The second-order valence-electron chi connectivity index (χ2n) is 7.22. The van der Waals surface area contributed by atoms with Crippen molar-refractivity contribution in [2.45, 2.75) is 6.54 Å². The van der Waals surface area contributed by atoms with Crippen molar-refractivity contribution in [2.75, 3.05) is 24.7 Å². The van der Waals surface area contributed by atoms with Crippen molar-refractivity contribution in [3.8, 4) is 0 Å². The van der Waals surface area contributed by atoms with E-state index in [1.54, 1.807) is 30.3 Å². The van der Waals surface area contributed by atoms with Crippen LogP contribution in [-0.2, 0) is 18.3 Å². The summed E-state index contributed by atoms with van der Waals surface area (Å²) in [6.45, 7) is -0.843. The first-order valence-corrected chi connectivity index (χ1v) is 9.95. The number of nitrogen functional groups attached to an aromatic ring is 1. The summed E-state index contributed by atoms with van der Waals surface area (Å²) in [6.07, 6.45) is 0. The SMILES string of the molecule is CNc1ccc(C(=O)OCC(=O)c2c(N)n(Cc3ccccc3)c(=O)n(C)c2=O)cc1[N+](=O)[O-]. The largest absolute Gasteiger partial charge is 0.454 e. The minimum atomic E-state index is -1.01. The number of ketones is 1. The lowest BCUT2D eigenvalue weighted by molar-refractivity contribution is -0.384. The van der Waals surface area contributed by atoms with Gasteiger partial charge >= 0.3 is 11.7 Å². The van der Waals surface area contributed by atoms with Gasteiger partial charge in [0.2, 0.25) is 5.78 Å². The summed E-state index contributed by atoms with van der Waals surface area (Å²) in [6, 6.07) is 12.4. The number of nitrogens with two attached hydrogens (primary N) is 1. The van der Waals surface area contributed by atoms with E-state index in [9.17, 15) is 29.3 Å². The van der Waals surface area contributed by atoms with Crippen LogP contribution in [0.15, 0.2) is 58.1 Å². The Balaban J connectivity index is 1.87. The summed E-state index contributed by atoms with van der Waals surface area (Å²) in [5, 5.41) is 13.8. The van der Waals surface area contributed by atoms with Crippen LogP contribution in [0, 0.1) is 10.1 Å². The zero-order valence-electron chi connectivity index (χ0n) is 18.3. The summed E-state index contributed by atoms with van der Waals surface area (Å²) < 4.78 is 6.79. The number of anilines is 2. The molecule has 0 radical (unpaired) electrons. The molecule has 0 bridgehead atoms. The van der Waals surface area contributed by atoms with Crippen molar-refractivity contribution in [3.63, 3.8) is 0 Å². The third kappa shape index (κ3) is 4.70. The van der Waals surface area contributed by atoms with E-state index in [0.29, 0.717) is 5.56 Å². The molecule has 0 amide bonds. The van der Waals surface area contributed by atoms with Crippen molar-refractivity contribution in [1.82, 2.24) is 9.13 Å². The fraction of sp³-hybridized carbons (Fsp3) is 0.182. The van der Waals surface area contributed by atoms with Gasteiger partial charge in [0.15, 0.2) is 6.61 Å². The van der Waals surface area contributed by atoms with Crippen LogP contribution in [0.5, 0.6) is 0 Å². The van der Waals surface area contributed by atoms with Gasteiger partial charge in [-0.05, 0) is 17.7 Å². The second kappa shape index (κ2) is 9.81. The van der Waals surface area contributed by atoms with E-state index in [1.165, 1.54) is 26.2 Å². The van der Waals surface area contributed by atoms with Crippen LogP contribution in [0.2, 0.25) is 0 Å². The topological polar surface area (TPSA) is 169 Å². The summed E-state index contributed by atoms with van der Waals surface area (Å²) in [5.41, 5.74) is 4.27. The molecule has 3 aromatic rings. The zero-order chi connectivity index (χ0) is 25.0. The van der Waals surface area contributed by atoms with E-state index >= 15 is 0 Å². The van der Waals surface area contributed by atoms with E-state index in [2.05, 4.69) is 5.32 Å². The van der Waals surface area contributed by atoms with E-state index in [-0.39, 0.29) is 29.3 Å². The molecule has 1 aromatic heterocycles. The molecule has 3 rings (SSSR count). The molecule has 1 heterocycles. The van der Waals surface area contributed by atoms with E-state index in [0.717, 1.165) is 15.2 Å². The maximum atomic E-state index is 12.8. The van der Waals surface area contributed by atoms with Crippen LogP contribution < -0.4 is 22.3 Å². The van der Waals surface area contributed by atoms with Crippen molar-refractivity contribution < 1.29 is 19.2 Å². The smallest absolute Gasteiger partial charge is 0.338 e. The number of hydrogen-bond acceptors (Lipinski definition) is 9. The molecular formula is C22H21N5O7. The first-order valence-electron chi connectivity index (χ1n) is 9.95.